The molecule has 0 bridgehead atoms. The molecule has 0 aliphatic heterocycles. The highest BCUT2D eigenvalue weighted by atomic mass is 32.1. The minimum atomic E-state index is -1.21. The second-order valence-corrected chi connectivity index (χ2v) is 5.95. The van der Waals surface area contributed by atoms with Crippen molar-refractivity contribution in [3.8, 4) is 0 Å². The number of rotatable bonds is 6. The van der Waals surface area contributed by atoms with Crippen LogP contribution >= 0.6 is 11.3 Å². The monoisotopic (exact) mass is 297 g/mol. The van der Waals surface area contributed by atoms with E-state index in [-0.39, 0.29) is 13.2 Å². The van der Waals surface area contributed by atoms with Gasteiger partial charge in [-0.05, 0) is 19.4 Å². The molecule has 0 aromatic carbocycles. The lowest BCUT2D eigenvalue weighted by Crippen LogP contribution is -2.37. The van der Waals surface area contributed by atoms with Crippen molar-refractivity contribution >= 4 is 33.3 Å². The van der Waals surface area contributed by atoms with Gasteiger partial charge in [-0.25, -0.2) is 10.8 Å². The molecule has 0 aliphatic rings. The number of aromatic nitrogens is 2. The van der Waals surface area contributed by atoms with Crippen molar-refractivity contribution in [2.24, 2.45) is 5.84 Å². The van der Waals surface area contributed by atoms with Gasteiger partial charge in [-0.1, -0.05) is 6.92 Å². The molecule has 1 unspecified atom stereocenters. The summed E-state index contributed by atoms with van der Waals surface area (Å²) in [6, 6.07) is 2.02. The summed E-state index contributed by atoms with van der Waals surface area (Å²) in [5, 5.41) is 22.8. The van der Waals surface area contributed by atoms with Crippen molar-refractivity contribution in [3.05, 3.63) is 10.9 Å². The standard InChI is InChI=1S/C12H19N5O2S/c1-3-7-4-8-9(14-5-12(2,19)6-18)15-11(17-13)16-10(8)20-7/h4,18-19H,3,5-6,13H2,1-2H3,(H2,14,15,16,17). The average Bonchev–Trinajstić information content (AvgIpc) is 2.87. The van der Waals surface area contributed by atoms with E-state index < -0.39 is 5.60 Å². The van der Waals surface area contributed by atoms with Crippen molar-refractivity contribution in [1.82, 2.24) is 9.97 Å². The first-order chi connectivity index (χ1) is 9.49. The topological polar surface area (TPSA) is 116 Å². The molecule has 0 saturated heterocycles. The van der Waals surface area contributed by atoms with Gasteiger partial charge in [-0.2, -0.15) is 4.98 Å². The van der Waals surface area contributed by atoms with Crippen molar-refractivity contribution in [2.45, 2.75) is 25.9 Å². The zero-order valence-corrected chi connectivity index (χ0v) is 12.3. The molecule has 0 saturated carbocycles. The summed E-state index contributed by atoms with van der Waals surface area (Å²) in [5.74, 6) is 6.27. The molecule has 2 aromatic rings. The lowest BCUT2D eigenvalue weighted by Gasteiger charge is -2.21. The zero-order valence-electron chi connectivity index (χ0n) is 11.5. The predicted molar refractivity (Wildman–Crippen MR) is 80.8 cm³/mol. The molecular formula is C12H19N5O2S. The summed E-state index contributed by atoms with van der Waals surface area (Å²) in [5.41, 5.74) is 1.22. The average molecular weight is 297 g/mol. The molecule has 0 radical (unpaired) electrons. The first-order valence-corrected chi connectivity index (χ1v) is 7.15. The van der Waals surface area contributed by atoms with Crippen LogP contribution in [0.25, 0.3) is 10.2 Å². The summed E-state index contributed by atoms with van der Waals surface area (Å²) >= 11 is 1.58. The number of aliphatic hydroxyl groups is 2. The highest BCUT2D eigenvalue weighted by Gasteiger charge is 2.20. The lowest BCUT2D eigenvalue weighted by atomic mass is 10.1. The fraction of sp³-hybridized carbons (Fsp3) is 0.500. The highest BCUT2D eigenvalue weighted by molar-refractivity contribution is 7.18. The van der Waals surface area contributed by atoms with Crippen molar-refractivity contribution < 1.29 is 10.2 Å². The van der Waals surface area contributed by atoms with Crippen molar-refractivity contribution in [2.75, 3.05) is 23.9 Å². The van der Waals surface area contributed by atoms with Gasteiger partial charge in [-0.15, -0.1) is 11.3 Å². The molecule has 2 aromatic heterocycles. The first-order valence-electron chi connectivity index (χ1n) is 6.33. The van der Waals surface area contributed by atoms with Crippen LogP contribution in [0.1, 0.15) is 18.7 Å². The van der Waals surface area contributed by atoms with Gasteiger partial charge < -0.3 is 15.5 Å². The van der Waals surface area contributed by atoms with Crippen LogP contribution in [-0.2, 0) is 6.42 Å². The van der Waals surface area contributed by atoms with Gasteiger partial charge in [0.05, 0.1) is 12.0 Å². The van der Waals surface area contributed by atoms with Gasteiger partial charge in [-0.3, -0.25) is 5.43 Å². The van der Waals surface area contributed by atoms with Crippen molar-refractivity contribution in [1.29, 1.82) is 0 Å². The first kappa shape index (κ1) is 14.9. The highest BCUT2D eigenvalue weighted by Crippen LogP contribution is 2.30. The molecule has 20 heavy (non-hydrogen) atoms. The van der Waals surface area contributed by atoms with Gasteiger partial charge in [0.15, 0.2) is 0 Å². The Labute approximate surface area is 120 Å². The quantitative estimate of drug-likeness (QED) is 0.393. The molecule has 8 heteroatoms. The SMILES string of the molecule is CCc1cc2c(NCC(C)(O)CO)nc(NN)nc2s1. The van der Waals surface area contributed by atoms with Gasteiger partial charge in [0, 0.05) is 11.4 Å². The number of hydrogen-bond acceptors (Lipinski definition) is 8. The number of nitrogen functional groups attached to an aromatic ring is 1. The van der Waals surface area contributed by atoms with Gasteiger partial charge in [0.2, 0.25) is 5.95 Å². The van der Waals surface area contributed by atoms with E-state index in [9.17, 15) is 5.11 Å². The summed E-state index contributed by atoms with van der Waals surface area (Å²) in [4.78, 5) is 10.6. The van der Waals surface area contributed by atoms with Crippen LogP contribution in [0.5, 0.6) is 0 Å². The Balaban J connectivity index is 2.36. The maximum absolute atomic E-state index is 9.84. The minimum Gasteiger partial charge on any atom is -0.393 e. The van der Waals surface area contributed by atoms with Gasteiger partial charge >= 0.3 is 0 Å². The second kappa shape index (κ2) is 5.88. The molecular weight excluding hydrogens is 278 g/mol. The molecule has 110 valence electrons. The largest absolute Gasteiger partial charge is 0.393 e. The number of hydrogen-bond donors (Lipinski definition) is 5. The van der Waals surface area contributed by atoms with E-state index in [2.05, 4.69) is 27.6 Å². The van der Waals surface area contributed by atoms with E-state index in [1.807, 2.05) is 6.07 Å². The normalized spacial score (nSPS) is 14.2. The molecule has 7 nitrogen and oxygen atoms in total. The molecule has 0 amide bonds. The second-order valence-electron chi connectivity index (χ2n) is 4.83. The molecule has 0 aliphatic carbocycles. The number of hydrazine groups is 1. The van der Waals surface area contributed by atoms with Crippen LogP contribution in [-0.4, -0.2) is 38.9 Å². The minimum absolute atomic E-state index is 0.178. The molecule has 2 heterocycles. The Morgan fingerprint density at radius 2 is 2.20 bits per heavy atom. The van der Waals surface area contributed by atoms with Crippen LogP contribution in [0.3, 0.4) is 0 Å². The van der Waals surface area contributed by atoms with Crippen LogP contribution in [0.15, 0.2) is 6.07 Å². The Morgan fingerprint density at radius 1 is 1.45 bits per heavy atom. The van der Waals surface area contributed by atoms with Crippen LogP contribution in [0.2, 0.25) is 0 Å². The van der Waals surface area contributed by atoms with E-state index in [1.165, 1.54) is 4.88 Å². The Hall–Kier alpha value is -1.48. The molecule has 1 atom stereocenters. The summed E-state index contributed by atoms with van der Waals surface area (Å²) in [6.07, 6.45) is 0.917. The number of aryl methyl sites for hydroxylation is 1. The zero-order chi connectivity index (χ0) is 14.8. The van der Waals surface area contributed by atoms with E-state index in [0.29, 0.717) is 11.8 Å². The molecule has 6 N–H and O–H groups in total. The van der Waals surface area contributed by atoms with Crippen LogP contribution in [0.4, 0.5) is 11.8 Å². The number of nitrogens with zero attached hydrogens (tertiary/aromatic N) is 2. The van der Waals surface area contributed by atoms with E-state index in [1.54, 1.807) is 18.3 Å². The molecule has 0 fully saturated rings. The Morgan fingerprint density at radius 3 is 2.80 bits per heavy atom. The Kier molecular flexibility index (Phi) is 4.39. The van der Waals surface area contributed by atoms with Crippen LogP contribution in [0, 0.1) is 0 Å². The third-order valence-corrected chi connectivity index (χ3v) is 4.07. The molecule has 2 rings (SSSR count). The maximum atomic E-state index is 9.84. The number of fused-ring (bicyclic) bond motifs is 1. The third kappa shape index (κ3) is 3.15. The number of nitrogens with one attached hydrogen (secondary N) is 2. The summed E-state index contributed by atoms with van der Waals surface area (Å²) in [7, 11) is 0. The smallest absolute Gasteiger partial charge is 0.240 e. The number of thiophene rings is 1. The third-order valence-electron chi connectivity index (χ3n) is 2.90. The lowest BCUT2D eigenvalue weighted by molar-refractivity contribution is 0.0132. The Bertz CT molecular complexity index is 599. The van der Waals surface area contributed by atoms with Crippen LogP contribution < -0.4 is 16.6 Å². The van der Waals surface area contributed by atoms with Gasteiger partial charge in [0.25, 0.3) is 0 Å². The van der Waals surface area contributed by atoms with Gasteiger partial charge in [0.1, 0.15) is 16.2 Å². The number of aliphatic hydroxyl groups excluding tert-OH is 1. The maximum Gasteiger partial charge on any atom is 0.240 e. The summed E-state index contributed by atoms with van der Waals surface area (Å²) in [6.45, 7) is 3.46. The fourth-order valence-electron chi connectivity index (χ4n) is 1.67. The van der Waals surface area contributed by atoms with E-state index in [4.69, 9.17) is 10.9 Å². The van der Waals surface area contributed by atoms with E-state index in [0.717, 1.165) is 16.6 Å². The predicted octanol–water partition coefficient (Wildman–Crippen LogP) is 0.694. The number of nitrogens with two attached hydrogens (primary N) is 1. The molecule has 0 spiro atoms. The number of anilines is 2. The van der Waals surface area contributed by atoms with E-state index >= 15 is 0 Å². The summed E-state index contributed by atoms with van der Waals surface area (Å²) < 4.78 is 0. The van der Waals surface area contributed by atoms with Crippen molar-refractivity contribution in [3.63, 3.8) is 0 Å². The fourth-order valence-corrected chi connectivity index (χ4v) is 2.64.